The number of aliphatic hydroxyl groups excluding tert-OH is 1. The molecule has 0 saturated carbocycles. The van der Waals surface area contributed by atoms with Crippen molar-refractivity contribution in [3.05, 3.63) is 44.9 Å². The fourth-order valence-corrected chi connectivity index (χ4v) is 3.26. The first-order valence-electron chi connectivity index (χ1n) is 6.73. The molecule has 0 radical (unpaired) electrons. The van der Waals surface area contributed by atoms with Gasteiger partial charge in [0.05, 0.1) is 20.2 Å². The summed E-state index contributed by atoms with van der Waals surface area (Å²) in [5.74, 6) is -3.22. The third kappa shape index (κ3) is 2.92. The molecule has 8 nitrogen and oxygen atoms in total. The van der Waals surface area contributed by atoms with Gasteiger partial charge in [0, 0.05) is 11.8 Å². The Morgan fingerprint density at radius 2 is 1.64 bits per heavy atom. The van der Waals surface area contributed by atoms with Gasteiger partial charge in [-0.15, -0.1) is 0 Å². The highest BCUT2D eigenvalue weighted by Crippen LogP contribution is 2.34. The predicted molar refractivity (Wildman–Crippen MR) is 93.4 cm³/mol. The number of carboxylic acid groups (broad SMARTS) is 1. The lowest BCUT2D eigenvalue weighted by molar-refractivity contribution is -0.120. The molecule has 0 spiro atoms. The Balaban J connectivity index is 2.12. The van der Waals surface area contributed by atoms with E-state index in [1.807, 2.05) is 0 Å². The van der Waals surface area contributed by atoms with Gasteiger partial charge in [-0.1, -0.05) is 0 Å². The number of carboxylic acids is 1. The van der Waals surface area contributed by atoms with Crippen molar-refractivity contribution in [1.29, 1.82) is 0 Å². The maximum atomic E-state index is 12.1. The molecule has 1 atom stereocenters. The molecule has 2 N–H and O–H groups in total. The Kier molecular flexibility index (Phi) is 4.35. The molecule has 3 amide bonds. The zero-order valence-corrected chi connectivity index (χ0v) is 15.3. The number of benzene rings is 1. The van der Waals surface area contributed by atoms with Gasteiger partial charge in [-0.3, -0.25) is 19.3 Å². The molecule has 0 bridgehead atoms. The van der Waals surface area contributed by atoms with Crippen LogP contribution in [0, 0.1) is 0 Å². The number of aliphatic hydroxyl groups is 1. The van der Waals surface area contributed by atoms with Crippen LogP contribution in [0.2, 0.25) is 0 Å². The van der Waals surface area contributed by atoms with Crippen LogP contribution in [0.5, 0.6) is 0 Å². The minimum absolute atomic E-state index is 0.0291. The molecule has 0 fully saturated rings. The van der Waals surface area contributed by atoms with Crippen LogP contribution in [0.15, 0.2) is 39.3 Å². The topological polar surface area (TPSA) is 115 Å². The van der Waals surface area contributed by atoms with Gasteiger partial charge in [-0.2, -0.15) is 0 Å². The highest BCUT2D eigenvalue weighted by molar-refractivity contribution is 9.12. The van der Waals surface area contributed by atoms with Crippen LogP contribution in [-0.4, -0.2) is 40.1 Å². The van der Waals surface area contributed by atoms with E-state index in [0.717, 1.165) is 21.9 Å². The lowest BCUT2D eigenvalue weighted by Gasteiger charge is -2.23. The van der Waals surface area contributed by atoms with Gasteiger partial charge in [0.15, 0.2) is 6.23 Å². The first kappa shape index (κ1) is 17.5. The third-order valence-electron chi connectivity index (χ3n) is 3.55. The van der Waals surface area contributed by atoms with Crippen LogP contribution in [0.3, 0.4) is 0 Å². The molecule has 2 aliphatic heterocycles. The Morgan fingerprint density at radius 3 is 2.12 bits per heavy atom. The van der Waals surface area contributed by atoms with Gasteiger partial charge in [0.1, 0.15) is 0 Å². The van der Waals surface area contributed by atoms with E-state index in [1.165, 1.54) is 18.2 Å². The summed E-state index contributed by atoms with van der Waals surface area (Å²) in [5, 5.41) is 19.3. The van der Waals surface area contributed by atoms with E-state index in [-0.39, 0.29) is 25.9 Å². The van der Waals surface area contributed by atoms with E-state index < -0.39 is 29.9 Å². The Hall–Kier alpha value is -2.30. The molecule has 2 aliphatic rings. The minimum atomic E-state index is -1.32. The molecule has 0 aromatic heterocycles. The smallest absolute Gasteiger partial charge is 0.335 e. The lowest BCUT2D eigenvalue weighted by Crippen LogP contribution is -2.35. The van der Waals surface area contributed by atoms with E-state index in [1.54, 1.807) is 0 Å². The summed E-state index contributed by atoms with van der Waals surface area (Å²) in [6, 6.07) is 3.58. The van der Waals surface area contributed by atoms with Gasteiger partial charge < -0.3 is 10.2 Å². The number of hydrogen-bond acceptors (Lipinski definition) is 5. The Labute approximate surface area is 157 Å². The van der Waals surface area contributed by atoms with Crippen LogP contribution in [0.4, 0.5) is 11.4 Å². The van der Waals surface area contributed by atoms with E-state index in [0.29, 0.717) is 0 Å². The lowest BCUT2D eigenvalue weighted by atomic mass is 10.1. The number of anilines is 2. The summed E-state index contributed by atoms with van der Waals surface area (Å²) >= 11 is 5.96. The van der Waals surface area contributed by atoms with E-state index in [2.05, 4.69) is 31.9 Å². The minimum Gasteiger partial charge on any atom is -0.478 e. The molecule has 3 rings (SSSR count). The number of carbonyl (C=O) groups excluding carboxylic acids is 3. The highest BCUT2D eigenvalue weighted by Gasteiger charge is 2.35. The van der Waals surface area contributed by atoms with Gasteiger partial charge in [0.25, 0.3) is 17.7 Å². The summed E-state index contributed by atoms with van der Waals surface area (Å²) < 4.78 is 0.140. The number of rotatable bonds is 3. The molecule has 0 aliphatic carbocycles. The summed E-state index contributed by atoms with van der Waals surface area (Å²) in [6.45, 7) is 0. The number of imide groups is 1. The van der Waals surface area contributed by atoms with Crippen LogP contribution in [0.25, 0.3) is 0 Å². The second-order valence-corrected chi connectivity index (χ2v) is 6.83. The van der Waals surface area contributed by atoms with Crippen molar-refractivity contribution in [3.8, 4) is 0 Å². The van der Waals surface area contributed by atoms with E-state index >= 15 is 0 Å². The Morgan fingerprint density at radius 1 is 1.00 bits per heavy atom. The van der Waals surface area contributed by atoms with Crippen molar-refractivity contribution in [2.45, 2.75) is 6.23 Å². The number of halogens is 2. The fraction of sp³-hybridized carbons (Fsp3) is 0.0667. The first-order chi connectivity index (χ1) is 11.7. The molecule has 1 aromatic carbocycles. The zero-order valence-electron chi connectivity index (χ0n) is 12.1. The van der Waals surface area contributed by atoms with E-state index in [4.69, 9.17) is 0 Å². The van der Waals surface area contributed by atoms with Crippen LogP contribution >= 0.6 is 31.9 Å². The zero-order chi connectivity index (χ0) is 18.5. The van der Waals surface area contributed by atoms with Gasteiger partial charge >= 0.3 is 5.97 Å². The van der Waals surface area contributed by atoms with Crippen molar-refractivity contribution < 1.29 is 29.4 Å². The van der Waals surface area contributed by atoms with Crippen molar-refractivity contribution in [1.82, 2.24) is 0 Å². The monoisotopic (exact) mass is 470 g/mol. The fourth-order valence-electron chi connectivity index (χ4n) is 2.45. The van der Waals surface area contributed by atoms with Crippen molar-refractivity contribution in [2.24, 2.45) is 0 Å². The summed E-state index contributed by atoms with van der Waals surface area (Å²) in [4.78, 5) is 49.3. The molecular formula is C15H8Br2N2O6. The maximum Gasteiger partial charge on any atom is 0.335 e. The number of nitrogens with zero attached hydrogens (tertiary/aromatic N) is 2. The summed E-state index contributed by atoms with van der Waals surface area (Å²) in [5.41, 5.74) is -0.250. The highest BCUT2D eigenvalue weighted by atomic mass is 79.9. The molecule has 25 heavy (non-hydrogen) atoms. The van der Waals surface area contributed by atoms with Gasteiger partial charge in [0.2, 0.25) is 0 Å². The number of hydrogen-bond donors (Lipinski definition) is 2. The van der Waals surface area contributed by atoms with Crippen LogP contribution < -0.4 is 9.80 Å². The second-order valence-electron chi connectivity index (χ2n) is 5.12. The standard InChI is InChI=1S/C15H8Br2N2O6/c16-9-4-11(20)18(13(9)22)7-1-6(15(24)25)2-8(3-7)19-12(21)5-10(17)14(19)23/h1-5,11,20H,(H,24,25). The maximum absolute atomic E-state index is 12.1. The second kappa shape index (κ2) is 6.21. The van der Waals surface area contributed by atoms with Crippen LogP contribution in [-0.2, 0) is 14.4 Å². The van der Waals surface area contributed by atoms with Crippen LogP contribution in [0.1, 0.15) is 10.4 Å². The molecule has 1 aromatic rings. The average molecular weight is 472 g/mol. The van der Waals surface area contributed by atoms with Gasteiger partial charge in [-0.25, -0.2) is 9.69 Å². The number of carbonyl (C=O) groups is 4. The third-order valence-corrected chi connectivity index (χ3v) is 4.72. The molecular weight excluding hydrogens is 464 g/mol. The number of amides is 3. The molecule has 2 heterocycles. The predicted octanol–water partition coefficient (Wildman–Crippen LogP) is 1.48. The van der Waals surface area contributed by atoms with Crippen molar-refractivity contribution >= 4 is 66.9 Å². The van der Waals surface area contributed by atoms with Crippen molar-refractivity contribution in [2.75, 3.05) is 9.80 Å². The SMILES string of the molecule is O=C(O)c1cc(N2C(=O)C=C(Br)C2=O)cc(N2C(=O)C(Br)=CC2O)c1. The normalized spacial score (nSPS) is 20.3. The number of aromatic carboxylic acids is 1. The molecule has 128 valence electrons. The largest absolute Gasteiger partial charge is 0.478 e. The summed E-state index contributed by atoms with van der Waals surface area (Å²) in [6.07, 6.45) is 0.983. The van der Waals surface area contributed by atoms with E-state index in [9.17, 15) is 29.4 Å². The Bertz CT molecular complexity index is 907. The quantitative estimate of drug-likeness (QED) is 0.645. The van der Waals surface area contributed by atoms with Gasteiger partial charge in [-0.05, 0) is 56.1 Å². The first-order valence-corrected chi connectivity index (χ1v) is 8.32. The van der Waals surface area contributed by atoms with Crippen molar-refractivity contribution in [3.63, 3.8) is 0 Å². The molecule has 1 unspecified atom stereocenters. The molecule has 0 saturated heterocycles. The molecule has 10 heteroatoms. The summed E-state index contributed by atoms with van der Waals surface area (Å²) in [7, 11) is 0. The average Bonchev–Trinajstić information content (AvgIpc) is 2.93.